The zero-order valence-electron chi connectivity index (χ0n) is 17.4. The lowest BCUT2D eigenvalue weighted by molar-refractivity contribution is -0.384. The van der Waals surface area contributed by atoms with Gasteiger partial charge < -0.3 is 14.9 Å². The summed E-state index contributed by atoms with van der Waals surface area (Å²) in [4.78, 5) is 11.0. The summed E-state index contributed by atoms with van der Waals surface area (Å²) in [5.74, 6) is 0.393. The van der Waals surface area contributed by atoms with Gasteiger partial charge in [-0.15, -0.1) is 0 Å². The van der Waals surface area contributed by atoms with Crippen LogP contribution in [0.2, 0.25) is 0 Å². The second-order valence-corrected chi connectivity index (χ2v) is 7.45. The topological polar surface area (TPSA) is 133 Å². The van der Waals surface area contributed by atoms with Crippen LogP contribution in [0, 0.1) is 28.4 Å². The van der Waals surface area contributed by atoms with Gasteiger partial charge in [-0.1, -0.05) is 30.3 Å². The van der Waals surface area contributed by atoms with Crippen LogP contribution in [0.5, 0.6) is 5.88 Å². The molecule has 3 heterocycles. The van der Waals surface area contributed by atoms with Crippen molar-refractivity contribution in [3.63, 3.8) is 0 Å². The van der Waals surface area contributed by atoms with Gasteiger partial charge in [0, 0.05) is 6.07 Å². The fourth-order valence-electron chi connectivity index (χ4n) is 4.04. The molecule has 0 radical (unpaired) electrons. The molecule has 2 N–H and O–H groups in total. The second-order valence-electron chi connectivity index (χ2n) is 7.45. The third-order valence-electron chi connectivity index (χ3n) is 5.51. The molecular formula is C24H17N5O4. The molecule has 0 bridgehead atoms. The zero-order valence-corrected chi connectivity index (χ0v) is 17.4. The number of aryl methyl sites for hydroxylation is 1. The number of benzene rings is 2. The minimum atomic E-state index is -0.673. The summed E-state index contributed by atoms with van der Waals surface area (Å²) in [6.45, 7) is 1.82. The molecule has 9 nitrogen and oxygen atoms in total. The van der Waals surface area contributed by atoms with Gasteiger partial charge in [0.25, 0.3) is 5.69 Å². The van der Waals surface area contributed by atoms with Crippen molar-refractivity contribution < 1.29 is 14.1 Å². The van der Waals surface area contributed by atoms with Gasteiger partial charge in [0.15, 0.2) is 0 Å². The summed E-state index contributed by atoms with van der Waals surface area (Å²) in [5, 5.41) is 25.9. The van der Waals surface area contributed by atoms with Gasteiger partial charge in [0.2, 0.25) is 11.8 Å². The van der Waals surface area contributed by atoms with E-state index >= 15 is 0 Å². The van der Waals surface area contributed by atoms with E-state index in [-0.39, 0.29) is 17.1 Å². The molecule has 1 unspecified atom stereocenters. The number of aromatic nitrogens is 2. The smallest absolute Gasteiger partial charge is 0.280 e. The number of furan rings is 1. The summed E-state index contributed by atoms with van der Waals surface area (Å²) in [6.07, 6.45) is 0. The molecule has 0 saturated heterocycles. The van der Waals surface area contributed by atoms with Crippen molar-refractivity contribution in [2.75, 3.05) is 0 Å². The first kappa shape index (κ1) is 20.1. The monoisotopic (exact) mass is 439 g/mol. The molecule has 0 fully saturated rings. The van der Waals surface area contributed by atoms with Gasteiger partial charge in [-0.05, 0) is 37.3 Å². The highest BCUT2D eigenvalue weighted by molar-refractivity contribution is 5.70. The molecular weight excluding hydrogens is 422 g/mol. The summed E-state index contributed by atoms with van der Waals surface area (Å²) in [7, 11) is 0. The van der Waals surface area contributed by atoms with Gasteiger partial charge in [-0.25, -0.2) is 4.68 Å². The maximum Gasteiger partial charge on any atom is 0.280 e. The number of hydrogen-bond donors (Lipinski definition) is 1. The standard InChI is InChI=1S/C24H17N5O4/c1-14-21-22(20-12-11-19(32-20)16-9-5-6-10-18(16)29(30)31)17(13-25)23(26)33-24(21)28(27-14)15-7-3-2-4-8-15/h2-12,22H,26H2,1H3. The molecule has 1 atom stereocenters. The van der Waals surface area contributed by atoms with Crippen molar-refractivity contribution in [3.8, 4) is 29.0 Å². The third kappa shape index (κ3) is 3.21. The number of nitrogens with two attached hydrogens (primary N) is 1. The number of hydrogen-bond acceptors (Lipinski definition) is 7. The Balaban J connectivity index is 1.67. The van der Waals surface area contributed by atoms with Crippen LogP contribution in [0.1, 0.15) is 22.9 Å². The number of nitriles is 1. The van der Waals surface area contributed by atoms with Crippen molar-refractivity contribution >= 4 is 5.69 Å². The number of allylic oxidation sites excluding steroid dienone is 1. The van der Waals surface area contributed by atoms with Gasteiger partial charge in [-0.2, -0.15) is 10.4 Å². The number of rotatable bonds is 4. The molecule has 1 aliphatic rings. The van der Waals surface area contributed by atoms with Gasteiger partial charge in [-0.3, -0.25) is 10.1 Å². The molecule has 4 aromatic rings. The van der Waals surface area contributed by atoms with Crippen LogP contribution in [0.3, 0.4) is 0 Å². The van der Waals surface area contributed by atoms with Crippen LogP contribution in [0.15, 0.2) is 82.6 Å². The summed E-state index contributed by atoms with van der Waals surface area (Å²) in [5.41, 5.74) is 8.64. The summed E-state index contributed by atoms with van der Waals surface area (Å²) < 4.78 is 13.5. The molecule has 0 amide bonds. The number of nitro groups is 1. The number of fused-ring (bicyclic) bond motifs is 1. The lowest BCUT2D eigenvalue weighted by Crippen LogP contribution is -2.21. The average molecular weight is 439 g/mol. The largest absolute Gasteiger partial charge is 0.460 e. The Labute approximate surface area is 188 Å². The van der Waals surface area contributed by atoms with Crippen molar-refractivity contribution in [2.24, 2.45) is 5.73 Å². The SMILES string of the molecule is Cc1nn(-c2ccccc2)c2c1C(c1ccc(-c3ccccc3[N+](=O)[O-])o1)C(C#N)=C(N)O2. The van der Waals surface area contributed by atoms with E-state index in [4.69, 9.17) is 14.9 Å². The van der Waals surface area contributed by atoms with E-state index < -0.39 is 10.8 Å². The predicted molar refractivity (Wildman–Crippen MR) is 118 cm³/mol. The van der Waals surface area contributed by atoms with Gasteiger partial charge in [0.05, 0.1) is 33.3 Å². The van der Waals surface area contributed by atoms with E-state index in [9.17, 15) is 15.4 Å². The normalized spacial score (nSPS) is 15.0. The Kier molecular flexibility index (Phi) is 4.68. The van der Waals surface area contributed by atoms with Gasteiger partial charge in [0.1, 0.15) is 23.2 Å². The van der Waals surface area contributed by atoms with Crippen LogP contribution >= 0.6 is 0 Å². The molecule has 9 heteroatoms. The fraction of sp³-hybridized carbons (Fsp3) is 0.0833. The van der Waals surface area contributed by atoms with Crippen LogP contribution in [-0.2, 0) is 0 Å². The van der Waals surface area contributed by atoms with Crippen molar-refractivity contribution in [3.05, 3.63) is 105 Å². The van der Waals surface area contributed by atoms with Crippen LogP contribution in [0.25, 0.3) is 17.0 Å². The molecule has 0 aliphatic carbocycles. The highest BCUT2D eigenvalue weighted by Crippen LogP contribution is 2.46. The van der Waals surface area contributed by atoms with E-state index in [1.54, 1.807) is 35.0 Å². The minimum absolute atomic E-state index is 0.0456. The number of nitro benzene ring substituents is 1. The zero-order chi connectivity index (χ0) is 23.1. The Bertz CT molecular complexity index is 1460. The molecule has 0 saturated carbocycles. The first-order chi connectivity index (χ1) is 16.0. The van der Waals surface area contributed by atoms with Crippen molar-refractivity contribution in [1.29, 1.82) is 5.26 Å². The van der Waals surface area contributed by atoms with Gasteiger partial charge >= 0.3 is 0 Å². The minimum Gasteiger partial charge on any atom is -0.460 e. The average Bonchev–Trinajstić information content (AvgIpc) is 3.44. The summed E-state index contributed by atoms with van der Waals surface area (Å²) >= 11 is 0. The predicted octanol–water partition coefficient (Wildman–Crippen LogP) is 4.57. The molecule has 162 valence electrons. The number of para-hydroxylation sites is 2. The van der Waals surface area contributed by atoms with Crippen LogP contribution in [0.4, 0.5) is 5.69 Å². The Morgan fingerprint density at radius 2 is 1.85 bits per heavy atom. The number of nitrogens with zero attached hydrogens (tertiary/aromatic N) is 4. The van der Waals surface area contributed by atoms with Crippen LogP contribution in [-0.4, -0.2) is 14.7 Å². The second kappa shape index (κ2) is 7.69. The first-order valence-corrected chi connectivity index (χ1v) is 10.1. The van der Waals surface area contributed by atoms with E-state index in [2.05, 4.69) is 11.2 Å². The van der Waals surface area contributed by atoms with Crippen molar-refractivity contribution in [1.82, 2.24) is 9.78 Å². The molecule has 5 rings (SSSR count). The highest BCUT2D eigenvalue weighted by Gasteiger charge is 2.38. The van der Waals surface area contributed by atoms with E-state index in [1.165, 1.54) is 6.07 Å². The fourth-order valence-corrected chi connectivity index (χ4v) is 4.04. The van der Waals surface area contributed by atoms with Crippen LogP contribution < -0.4 is 10.5 Å². The van der Waals surface area contributed by atoms with Crippen molar-refractivity contribution in [2.45, 2.75) is 12.8 Å². The molecule has 0 spiro atoms. The Morgan fingerprint density at radius 1 is 1.12 bits per heavy atom. The van der Waals surface area contributed by atoms with E-state index in [0.717, 1.165) is 5.69 Å². The third-order valence-corrected chi connectivity index (χ3v) is 5.51. The first-order valence-electron chi connectivity index (χ1n) is 10.1. The maximum absolute atomic E-state index is 11.5. The quantitative estimate of drug-likeness (QED) is 0.364. The highest BCUT2D eigenvalue weighted by atomic mass is 16.6. The van der Waals surface area contributed by atoms with E-state index in [1.807, 2.05) is 37.3 Å². The lowest BCUT2D eigenvalue weighted by atomic mass is 9.88. The molecule has 1 aliphatic heterocycles. The molecule has 2 aromatic carbocycles. The lowest BCUT2D eigenvalue weighted by Gasteiger charge is -2.23. The molecule has 33 heavy (non-hydrogen) atoms. The van der Waals surface area contributed by atoms with E-state index in [0.29, 0.717) is 34.2 Å². The Hall–Kier alpha value is -4.84. The number of ether oxygens (including phenoxy) is 1. The Morgan fingerprint density at radius 3 is 2.58 bits per heavy atom. The molecule has 2 aromatic heterocycles. The summed E-state index contributed by atoms with van der Waals surface area (Å²) in [6, 6.07) is 21.2. The maximum atomic E-state index is 11.5.